The van der Waals surface area contributed by atoms with Crippen molar-refractivity contribution >= 4 is 34.4 Å². The second-order valence-electron chi connectivity index (χ2n) is 6.72. The molecule has 0 bridgehead atoms. The summed E-state index contributed by atoms with van der Waals surface area (Å²) in [6.07, 6.45) is 1.12. The number of hydrogen-bond donors (Lipinski definition) is 1. The Morgan fingerprint density at radius 1 is 1.06 bits per heavy atom. The molecule has 0 saturated heterocycles. The first kappa shape index (κ1) is 19.7. The lowest BCUT2D eigenvalue weighted by atomic mass is 10.1. The van der Waals surface area contributed by atoms with E-state index in [0.29, 0.717) is 28.7 Å². The highest BCUT2D eigenvalue weighted by molar-refractivity contribution is 5.89. The van der Waals surface area contributed by atoms with Crippen LogP contribution in [0, 0.1) is 27.2 Å². The van der Waals surface area contributed by atoms with E-state index in [1.807, 2.05) is 31.2 Å². The van der Waals surface area contributed by atoms with Gasteiger partial charge in [0.05, 0.1) is 21.6 Å². The van der Waals surface area contributed by atoms with Gasteiger partial charge in [-0.05, 0) is 37.3 Å². The van der Waals surface area contributed by atoms with Crippen LogP contribution in [0.1, 0.15) is 11.1 Å². The first-order valence-electron chi connectivity index (χ1n) is 8.99. The smallest absolute Gasteiger partial charge is 0.318 e. The molecule has 3 aromatic carbocycles. The number of benzene rings is 3. The molecule has 0 unspecified atom stereocenters. The quantitative estimate of drug-likeness (QED) is 0.270. The number of rotatable bonds is 5. The van der Waals surface area contributed by atoms with Gasteiger partial charge in [0, 0.05) is 23.4 Å². The fraction of sp³-hybridized carbons (Fsp3) is 0.0476. The molecule has 10 heteroatoms. The van der Waals surface area contributed by atoms with E-state index in [9.17, 15) is 25.3 Å². The first-order chi connectivity index (χ1) is 14.8. The van der Waals surface area contributed by atoms with Crippen molar-refractivity contribution in [3.05, 3.63) is 86.0 Å². The number of aliphatic imine (C=N–C) groups is 1. The van der Waals surface area contributed by atoms with Crippen molar-refractivity contribution < 1.29 is 19.4 Å². The number of nitro benzene ring substituents is 2. The zero-order chi connectivity index (χ0) is 22.1. The molecule has 0 aliphatic rings. The van der Waals surface area contributed by atoms with E-state index in [0.717, 1.165) is 23.4 Å². The number of aryl methyl sites for hydroxylation is 1. The van der Waals surface area contributed by atoms with Crippen molar-refractivity contribution in [1.82, 2.24) is 4.98 Å². The maximum Gasteiger partial charge on any atom is 0.318 e. The minimum atomic E-state index is -0.895. The number of oxazole rings is 1. The second kappa shape index (κ2) is 7.67. The molecule has 0 atom stereocenters. The third kappa shape index (κ3) is 3.94. The maximum absolute atomic E-state index is 11.1. The Morgan fingerprint density at radius 3 is 2.58 bits per heavy atom. The summed E-state index contributed by atoms with van der Waals surface area (Å²) in [5.74, 6) is -0.254. The highest BCUT2D eigenvalue weighted by Gasteiger charge is 2.23. The molecule has 0 radical (unpaired) electrons. The van der Waals surface area contributed by atoms with E-state index in [1.165, 1.54) is 0 Å². The lowest BCUT2D eigenvalue weighted by Crippen LogP contribution is -1.96. The van der Waals surface area contributed by atoms with Crippen LogP contribution >= 0.6 is 0 Å². The fourth-order valence-corrected chi connectivity index (χ4v) is 3.01. The van der Waals surface area contributed by atoms with Crippen molar-refractivity contribution in [2.24, 2.45) is 4.99 Å². The number of phenols is 1. The third-order valence-corrected chi connectivity index (χ3v) is 4.50. The van der Waals surface area contributed by atoms with E-state index in [1.54, 1.807) is 18.2 Å². The molecule has 0 aliphatic heterocycles. The highest BCUT2D eigenvalue weighted by Crippen LogP contribution is 2.34. The molecule has 1 heterocycles. The van der Waals surface area contributed by atoms with Crippen LogP contribution in [-0.4, -0.2) is 26.2 Å². The van der Waals surface area contributed by atoms with Gasteiger partial charge in [-0.25, -0.2) is 4.98 Å². The minimum absolute atomic E-state index is 0.151. The lowest BCUT2D eigenvalue weighted by Gasteiger charge is -2.01. The van der Waals surface area contributed by atoms with Gasteiger partial charge in [-0.1, -0.05) is 17.7 Å². The lowest BCUT2D eigenvalue weighted by molar-refractivity contribution is -0.394. The van der Waals surface area contributed by atoms with E-state index in [-0.39, 0.29) is 5.56 Å². The molecule has 31 heavy (non-hydrogen) atoms. The second-order valence-corrected chi connectivity index (χ2v) is 6.72. The molecule has 1 aromatic heterocycles. The van der Waals surface area contributed by atoms with Gasteiger partial charge in [-0.2, -0.15) is 0 Å². The summed E-state index contributed by atoms with van der Waals surface area (Å²) in [5.41, 5.74) is 1.95. The van der Waals surface area contributed by atoms with Crippen LogP contribution in [0.25, 0.3) is 22.6 Å². The number of nitro groups is 2. The summed E-state index contributed by atoms with van der Waals surface area (Å²) in [6.45, 7) is 1.96. The number of non-ortho nitro benzene ring substituents is 1. The molecule has 1 N–H and O–H groups in total. The SMILES string of the molecule is Cc1cccc(-c2nc3cc(N=Cc4cc([N+](=O)[O-])cc([N+](=O)[O-])c4O)ccc3o2)c1. The van der Waals surface area contributed by atoms with E-state index in [2.05, 4.69) is 9.98 Å². The molecule has 10 nitrogen and oxygen atoms in total. The number of phenolic OH excluding ortho intramolecular Hbond substituents is 1. The molecular formula is C21H14N4O6. The van der Waals surface area contributed by atoms with Crippen LogP contribution in [0.4, 0.5) is 17.1 Å². The van der Waals surface area contributed by atoms with Crippen molar-refractivity contribution in [2.45, 2.75) is 6.92 Å². The van der Waals surface area contributed by atoms with Crippen LogP contribution in [0.5, 0.6) is 5.75 Å². The van der Waals surface area contributed by atoms with Crippen LogP contribution in [0.3, 0.4) is 0 Å². The van der Waals surface area contributed by atoms with Gasteiger partial charge in [0.25, 0.3) is 5.69 Å². The predicted molar refractivity (Wildman–Crippen MR) is 113 cm³/mol. The number of nitrogens with zero attached hydrogens (tertiary/aromatic N) is 4. The zero-order valence-corrected chi connectivity index (χ0v) is 16.1. The van der Waals surface area contributed by atoms with E-state index in [4.69, 9.17) is 4.42 Å². The van der Waals surface area contributed by atoms with E-state index >= 15 is 0 Å². The average Bonchev–Trinajstić information content (AvgIpc) is 3.16. The summed E-state index contributed by atoms with van der Waals surface area (Å²) < 4.78 is 5.78. The molecule has 0 saturated carbocycles. The molecular weight excluding hydrogens is 404 g/mol. The Balaban J connectivity index is 1.70. The molecule has 0 fully saturated rings. The number of aromatic hydroxyl groups is 1. The largest absolute Gasteiger partial charge is 0.502 e. The van der Waals surface area contributed by atoms with Gasteiger partial charge in [0.15, 0.2) is 5.58 Å². The van der Waals surface area contributed by atoms with Gasteiger partial charge in [-0.15, -0.1) is 0 Å². The van der Waals surface area contributed by atoms with Crippen molar-refractivity contribution in [2.75, 3.05) is 0 Å². The summed E-state index contributed by atoms with van der Waals surface area (Å²) in [6, 6.07) is 14.3. The topological polar surface area (TPSA) is 145 Å². The monoisotopic (exact) mass is 418 g/mol. The summed E-state index contributed by atoms with van der Waals surface area (Å²) in [5, 5.41) is 32.2. The van der Waals surface area contributed by atoms with Crippen LogP contribution in [0.2, 0.25) is 0 Å². The molecule has 4 rings (SSSR count). The molecule has 0 spiro atoms. The van der Waals surface area contributed by atoms with Crippen LogP contribution in [0.15, 0.2) is 64.0 Å². The van der Waals surface area contributed by atoms with Crippen molar-refractivity contribution in [1.29, 1.82) is 0 Å². The molecule has 0 amide bonds. The summed E-state index contributed by atoms with van der Waals surface area (Å²) in [7, 11) is 0. The Hall–Kier alpha value is -4.60. The number of aromatic nitrogens is 1. The number of hydrogen-bond acceptors (Lipinski definition) is 8. The van der Waals surface area contributed by atoms with Gasteiger partial charge in [0.2, 0.25) is 11.6 Å². The Bertz CT molecular complexity index is 1380. The maximum atomic E-state index is 11.1. The molecule has 0 aliphatic carbocycles. The first-order valence-corrected chi connectivity index (χ1v) is 8.99. The Morgan fingerprint density at radius 2 is 1.87 bits per heavy atom. The predicted octanol–water partition coefficient (Wildman–Crippen LogP) is 5.08. The number of fused-ring (bicyclic) bond motifs is 1. The van der Waals surface area contributed by atoms with Gasteiger partial charge in [0.1, 0.15) is 5.52 Å². The average molecular weight is 418 g/mol. The Kier molecular flexibility index (Phi) is 4.88. The normalized spacial score (nSPS) is 11.3. The van der Waals surface area contributed by atoms with Gasteiger partial charge >= 0.3 is 5.69 Å². The van der Waals surface area contributed by atoms with E-state index < -0.39 is 27.0 Å². The van der Waals surface area contributed by atoms with Gasteiger partial charge in [-0.3, -0.25) is 25.2 Å². The summed E-state index contributed by atoms with van der Waals surface area (Å²) >= 11 is 0. The Labute approximate surface area is 174 Å². The van der Waals surface area contributed by atoms with Crippen LogP contribution < -0.4 is 0 Å². The standard InChI is InChI=1S/C21H14N4O6/c1-12-3-2-4-13(7-12)21-23-17-9-15(5-6-19(17)31-21)22-11-14-8-16(24(27)28)10-18(20(14)26)25(29)30/h2-11,26H,1H3. The van der Waals surface area contributed by atoms with Crippen molar-refractivity contribution in [3.63, 3.8) is 0 Å². The molecule has 154 valence electrons. The highest BCUT2D eigenvalue weighted by atomic mass is 16.6. The third-order valence-electron chi connectivity index (χ3n) is 4.50. The zero-order valence-electron chi connectivity index (χ0n) is 16.1. The van der Waals surface area contributed by atoms with Gasteiger partial charge < -0.3 is 9.52 Å². The molecule has 4 aromatic rings. The fourth-order valence-electron chi connectivity index (χ4n) is 3.01. The summed E-state index contributed by atoms with van der Waals surface area (Å²) in [4.78, 5) is 29.1. The minimum Gasteiger partial charge on any atom is -0.502 e. The van der Waals surface area contributed by atoms with Crippen molar-refractivity contribution in [3.8, 4) is 17.2 Å². The van der Waals surface area contributed by atoms with Crippen LogP contribution in [-0.2, 0) is 0 Å².